The quantitative estimate of drug-likeness (QED) is 0.823. The summed E-state index contributed by atoms with van der Waals surface area (Å²) in [5, 5.41) is 2.93. The summed E-state index contributed by atoms with van der Waals surface area (Å²) in [4.78, 5) is 12.3. The van der Waals surface area contributed by atoms with E-state index in [-0.39, 0.29) is 22.7 Å². The summed E-state index contributed by atoms with van der Waals surface area (Å²) in [5.41, 5.74) is 7.14. The molecule has 1 aromatic carbocycles. The number of hydrogen-bond acceptors (Lipinski definition) is 3. The maximum absolute atomic E-state index is 12.3. The van der Waals surface area contributed by atoms with Crippen molar-refractivity contribution in [2.75, 3.05) is 18.2 Å². The van der Waals surface area contributed by atoms with Crippen molar-refractivity contribution >= 4 is 17.3 Å². The van der Waals surface area contributed by atoms with Gasteiger partial charge in [0.2, 0.25) is 5.91 Å². The van der Waals surface area contributed by atoms with Crippen molar-refractivity contribution in [3.8, 4) is 5.75 Å². The molecule has 1 amide bonds. The first-order valence-corrected chi connectivity index (χ1v) is 6.46. The molecule has 2 rings (SSSR count). The molecule has 0 saturated heterocycles. The molecule has 0 atom stereocenters. The van der Waals surface area contributed by atoms with Gasteiger partial charge in [-0.2, -0.15) is 0 Å². The third-order valence-corrected chi connectivity index (χ3v) is 4.78. The fourth-order valence-corrected chi connectivity index (χ4v) is 2.88. The van der Waals surface area contributed by atoms with Gasteiger partial charge in [-0.15, -0.1) is 0 Å². The number of methoxy groups -OCH3 is 1. The largest absolute Gasteiger partial charge is 0.495 e. The highest BCUT2D eigenvalue weighted by Gasteiger charge is 2.68. The molecule has 0 spiro atoms. The standard InChI is InChI=1S/C15H22N2O2/c1-14(2)12(15(14,3)4)13(18)17-9-6-7-11(19-5)10(16)8-9/h6-8,12H,16H2,1-5H3,(H,17,18). The van der Waals surface area contributed by atoms with Gasteiger partial charge in [0.05, 0.1) is 12.8 Å². The number of ether oxygens (including phenoxy) is 1. The van der Waals surface area contributed by atoms with E-state index < -0.39 is 0 Å². The molecular weight excluding hydrogens is 240 g/mol. The van der Waals surface area contributed by atoms with Crippen LogP contribution in [0.1, 0.15) is 27.7 Å². The summed E-state index contributed by atoms with van der Waals surface area (Å²) in [7, 11) is 1.57. The molecule has 3 N–H and O–H groups in total. The van der Waals surface area contributed by atoms with Crippen LogP contribution in [0.4, 0.5) is 11.4 Å². The van der Waals surface area contributed by atoms with Crippen LogP contribution in [0.3, 0.4) is 0 Å². The molecule has 4 nitrogen and oxygen atoms in total. The number of anilines is 2. The van der Waals surface area contributed by atoms with Crippen LogP contribution in [0, 0.1) is 16.7 Å². The van der Waals surface area contributed by atoms with Gasteiger partial charge in [0.1, 0.15) is 5.75 Å². The number of carbonyl (C=O) groups excluding carboxylic acids is 1. The molecule has 0 aliphatic heterocycles. The molecule has 0 unspecified atom stereocenters. The van der Waals surface area contributed by atoms with Crippen molar-refractivity contribution in [3.63, 3.8) is 0 Å². The number of nitrogens with two attached hydrogens (primary N) is 1. The zero-order valence-electron chi connectivity index (χ0n) is 12.2. The predicted molar refractivity (Wildman–Crippen MR) is 77.1 cm³/mol. The maximum atomic E-state index is 12.3. The molecule has 0 heterocycles. The molecule has 1 aliphatic rings. The Bertz CT molecular complexity index is 507. The Balaban J connectivity index is 2.11. The molecule has 1 aromatic rings. The third kappa shape index (κ3) is 2.05. The molecule has 104 valence electrons. The minimum Gasteiger partial charge on any atom is -0.495 e. The van der Waals surface area contributed by atoms with Crippen LogP contribution in [0.5, 0.6) is 5.75 Å². The van der Waals surface area contributed by atoms with E-state index >= 15 is 0 Å². The fraction of sp³-hybridized carbons (Fsp3) is 0.533. The second-order valence-electron chi connectivity index (χ2n) is 6.32. The molecule has 4 heteroatoms. The van der Waals surface area contributed by atoms with E-state index in [1.807, 2.05) is 0 Å². The number of hydrogen-bond donors (Lipinski definition) is 2. The van der Waals surface area contributed by atoms with Gasteiger partial charge in [-0.25, -0.2) is 0 Å². The molecule has 19 heavy (non-hydrogen) atoms. The Labute approximate surface area is 114 Å². The van der Waals surface area contributed by atoms with E-state index in [0.717, 1.165) is 0 Å². The Morgan fingerprint density at radius 1 is 1.26 bits per heavy atom. The average molecular weight is 262 g/mol. The third-order valence-electron chi connectivity index (χ3n) is 4.78. The van der Waals surface area contributed by atoms with E-state index in [1.54, 1.807) is 25.3 Å². The van der Waals surface area contributed by atoms with Crippen molar-refractivity contribution in [1.82, 2.24) is 0 Å². The van der Waals surface area contributed by atoms with Crippen molar-refractivity contribution in [2.45, 2.75) is 27.7 Å². The predicted octanol–water partition coefficient (Wildman–Crippen LogP) is 2.90. The minimum atomic E-state index is 0.0309. The lowest BCUT2D eigenvalue weighted by Crippen LogP contribution is -2.17. The first kappa shape index (κ1) is 13.7. The Kier molecular flexibility index (Phi) is 3.00. The van der Waals surface area contributed by atoms with Crippen molar-refractivity contribution in [2.24, 2.45) is 16.7 Å². The highest BCUT2D eigenvalue weighted by molar-refractivity contribution is 5.96. The van der Waals surface area contributed by atoms with Gasteiger partial charge in [0, 0.05) is 11.6 Å². The first-order chi connectivity index (χ1) is 8.71. The van der Waals surface area contributed by atoms with Gasteiger partial charge in [-0.3, -0.25) is 4.79 Å². The van der Waals surface area contributed by atoms with Crippen LogP contribution in [0.2, 0.25) is 0 Å². The maximum Gasteiger partial charge on any atom is 0.228 e. The van der Waals surface area contributed by atoms with Crippen LogP contribution >= 0.6 is 0 Å². The van der Waals surface area contributed by atoms with E-state index in [1.165, 1.54) is 0 Å². The van der Waals surface area contributed by atoms with Gasteiger partial charge in [-0.1, -0.05) is 27.7 Å². The molecule has 0 radical (unpaired) electrons. The lowest BCUT2D eigenvalue weighted by Gasteiger charge is -2.09. The number of nitrogen functional groups attached to an aromatic ring is 1. The van der Waals surface area contributed by atoms with Crippen LogP contribution in [-0.2, 0) is 4.79 Å². The van der Waals surface area contributed by atoms with Gasteiger partial charge in [-0.05, 0) is 29.0 Å². The monoisotopic (exact) mass is 262 g/mol. The fourth-order valence-electron chi connectivity index (χ4n) is 2.88. The van der Waals surface area contributed by atoms with Gasteiger partial charge in [0.25, 0.3) is 0 Å². The lowest BCUT2D eigenvalue weighted by molar-refractivity contribution is -0.118. The van der Waals surface area contributed by atoms with Crippen LogP contribution < -0.4 is 15.8 Å². The lowest BCUT2D eigenvalue weighted by atomic mass is 10.0. The second kappa shape index (κ2) is 4.15. The summed E-state index contributed by atoms with van der Waals surface area (Å²) < 4.78 is 5.09. The summed E-state index contributed by atoms with van der Waals surface area (Å²) in [6.45, 7) is 8.50. The van der Waals surface area contributed by atoms with Crippen LogP contribution in [0.25, 0.3) is 0 Å². The molecule has 0 bridgehead atoms. The number of amides is 1. The second-order valence-corrected chi connectivity index (χ2v) is 6.32. The molecule has 0 aromatic heterocycles. The van der Waals surface area contributed by atoms with E-state index in [0.29, 0.717) is 17.1 Å². The zero-order chi connectivity index (χ0) is 14.4. The topological polar surface area (TPSA) is 64.3 Å². The Morgan fingerprint density at radius 3 is 2.26 bits per heavy atom. The molecular formula is C15H22N2O2. The highest BCUT2D eigenvalue weighted by Crippen LogP contribution is 2.68. The van der Waals surface area contributed by atoms with E-state index in [9.17, 15) is 4.79 Å². The highest BCUT2D eigenvalue weighted by atomic mass is 16.5. The normalized spacial score (nSPS) is 19.8. The summed E-state index contributed by atoms with van der Waals surface area (Å²) >= 11 is 0. The number of carbonyl (C=O) groups is 1. The number of benzene rings is 1. The van der Waals surface area contributed by atoms with Gasteiger partial charge >= 0.3 is 0 Å². The van der Waals surface area contributed by atoms with Crippen LogP contribution in [0.15, 0.2) is 18.2 Å². The van der Waals surface area contributed by atoms with Crippen molar-refractivity contribution in [1.29, 1.82) is 0 Å². The van der Waals surface area contributed by atoms with Crippen molar-refractivity contribution < 1.29 is 9.53 Å². The zero-order valence-corrected chi connectivity index (χ0v) is 12.2. The van der Waals surface area contributed by atoms with E-state index in [4.69, 9.17) is 10.5 Å². The van der Waals surface area contributed by atoms with E-state index in [2.05, 4.69) is 33.0 Å². The van der Waals surface area contributed by atoms with Crippen molar-refractivity contribution in [3.05, 3.63) is 18.2 Å². The van der Waals surface area contributed by atoms with Crippen LogP contribution in [-0.4, -0.2) is 13.0 Å². The first-order valence-electron chi connectivity index (χ1n) is 6.46. The Hall–Kier alpha value is -1.71. The minimum absolute atomic E-state index is 0.0309. The SMILES string of the molecule is COc1ccc(NC(=O)C2C(C)(C)C2(C)C)cc1N. The molecule has 1 fully saturated rings. The van der Waals surface area contributed by atoms with Gasteiger partial charge in [0.15, 0.2) is 0 Å². The summed E-state index contributed by atoms with van der Waals surface area (Å²) in [5.74, 6) is 0.702. The van der Waals surface area contributed by atoms with Gasteiger partial charge < -0.3 is 15.8 Å². The Morgan fingerprint density at radius 2 is 1.84 bits per heavy atom. The number of rotatable bonds is 3. The smallest absolute Gasteiger partial charge is 0.228 e. The summed E-state index contributed by atoms with van der Waals surface area (Å²) in [6.07, 6.45) is 0. The number of nitrogens with one attached hydrogen (secondary N) is 1. The molecule has 1 saturated carbocycles. The summed E-state index contributed by atoms with van der Waals surface area (Å²) in [6, 6.07) is 5.28. The molecule has 1 aliphatic carbocycles. The average Bonchev–Trinajstić information content (AvgIpc) is 2.69.